The molecule has 0 aliphatic carbocycles. The summed E-state index contributed by atoms with van der Waals surface area (Å²) in [6.07, 6.45) is 5.32. The number of halogens is 1. The van der Waals surface area contributed by atoms with Crippen molar-refractivity contribution in [3.8, 4) is 12.3 Å². The van der Waals surface area contributed by atoms with Gasteiger partial charge in [0, 0.05) is 22.7 Å². The third-order valence-corrected chi connectivity index (χ3v) is 3.36. The van der Waals surface area contributed by atoms with Gasteiger partial charge in [-0.1, -0.05) is 41.8 Å². The first kappa shape index (κ1) is 13.6. The highest BCUT2D eigenvalue weighted by Crippen LogP contribution is 2.25. The van der Waals surface area contributed by atoms with E-state index in [2.05, 4.69) is 5.92 Å². The first-order valence-corrected chi connectivity index (χ1v) is 6.33. The molecule has 2 nitrogen and oxygen atoms in total. The number of nitrogens with two attached hydrogens (primary N) is 2. The van der Waals surface area contributed by atoms with Gasteiger partial charge in [0.25, 0.3) is 0 Å². The van der Waals surface area contributed by atoms with Crippen LogP contribution in [-0.4, -0.2) is 0 Å². The molecule has 2 aromatic rings. The van der Waals surface area contributed by atoms with Crippen LogP contribution in [0.2, 0.25) is 5.02 Å². The zero-order valence-corrected chi connectivity index (χ0v) is 11.1. The molecule has 96 valence electrons. The van der Waals surface area contributed by atoms with E-state index in [1.807, 2.05) is 48.5 Å². The van der Waals surface area contributed by atoms with E-state index in [1.165, 1.54) is 0 Å². The van der Waals surface area contributed by atoms with Crippen LogP contribution in [0.1, 0.15) is 28.8 Å². The van der Waals surface area contributed by atoms with Crippen LogP contribution in [0.15, 0.2) is 48.5 Å². The standard InChI is InChI=1S/C16H15ClN2/c1-2-11-3-5-12(6-4-11)15(18)16(19)13-7-9-14(17)10-8-13/h1,3-10,15-16H,18-19H2. The van der Waals surface area contributed by atoms with Crippen molar-refractivity contribution < 1.29 is 0 Å². The monoisotopic (exact) mass is 270 g/mol. The average molecular weight is 271 g/mol. The highest BCUT2D eigenvalue weighted by molar-refractivity contribution is 6.30. The maximum absolute atomic E-state index is 6.19. The minimum Gasteiger partial charge on any atom is -0.322 e. The second-order valence-corrected chi connectivity index (χ2v) is 4.81. The van der Waals surface area contributed by atoms with Gasteiger partial charge in [-0.15, -0.1) is 6.42 Å². The van der Waals surface area contributed by atoms with Crippen LogP contribution in [0.5, 0.6) is 0 Å². The summed E-state index contributed by atoms with van der Waals surface area (Å²) in [5.74, 6) is 2.57. The normalized spacial score (nSPS) is 13.6. The molecular weight excluding hydrogens is 256 g/mol. The largest absolute Gasteiger partial charge is 0.322 e. The lowest BCUT2D eigenvalue weighted by molar-refractivity contribution is 0.574. The summed E-state index contributed by atoms with van der Waals surface area (Å²) in [7, 11) is 0. The van der Waals surface area contributed by atoms with E-state index in [0.29, 0.717) is 5.02 Å². The Bertz CT molecular complexity index is 582. The second kappa shape index (κ2) is 5.90. The molecule has 0 amide bonds. The Labute approximate surface area is 118 Å². The van der Waals surface area contributed by atoms with E-state index >= 15 is 0 Å². The minimum absolute atomic E-state index is 0.283. The molecule has 0 saturated heterocycles. The number of terminal acetylenes is 1. The molecule has 19 heavy (non-hydrogen) atoms. The number of hydrogen-bond acceptors (Lipinski definition) is 2. The molecule has 2 atom stereocenters. The molecule has 0 heterocycles. The van der Waals surface area contributed by atoms with Crippen molar-refractivity contribution in [3.63, 3.8) is 0 Å². The molecule has 0 spiro atoms. The highest BCUT2D eigenvalue weighted by atomic mass is 35.5. The summed E-state index contributed by atoms with van der Waals surface area (Å²) < 4.78 is 0. The number of hydrogen-bond donors (Lipinski definition) is 2. The molecule has 0 fully saturated rings. The van der Waals surface area contributed by atoms with Crippen LogP contribution in [-0.2, 0) is 0 Å². The van der Waals surface area contributed by atoms with E-state index in [9.17, 15) is 0 Å². The quantitative estimate of drug-likeness (QED) is 0.843. The average Bonchev–Trinajstić information content (AvgIpc) is 2.46. The zero-order valence-electron chi connectivity index (χ0n) is 10.4. The van der Waals surface area contributed by atoms with Gasteiger partial charge in [-0.25, -0.2) is 0 Å². The highest BCUT2D eigenvalue weighted by Gasteiger charge is 2.17. The van der Waals surface area contributed by atoms with Crippen LogP contribution in [0, 0.1) is 12.3 Å². The fraction of sp³-hybridized carbons (Fsp3) is 0.125. The van der Waals surface area contributed by atoms with Crippen molar-refractivity contribution in [3.05, 3.63) is 70.2 Å². The summed E-state index contributed by atoms with van der Waals surface area (Å²) >= 11 is 5.86. The zero-order chi connectivity index (χ0) is 13.8. The summed E-state index contributed by atoms with van der Waals surface area (Å²) in [5, 5.41) is 0.683. The Morgan fingerprint density at radius 1 is 0.842 bits per heavy atom. The lowest BCUT2D eigenvalue weighted by atomic mass is 9.94. The Morgan fingerprint density at radius 2 is 1.26 bits per heavy atom. The third kappa shape index (κ3) is 3.15. The summed E-state index contributed by atoms with van der Waals surface area (Å²) in [6.45, 7) is 0. The molecule has 0 bridgehead atoms. The van der Waals surface area contributed by atoms with E-state index in [1.54, 1.807) is 0 Å². The molecule has 2 aromatic carbocycles. The molecule has 4 N–H and O–H groups in total. The van der Waals surface area contributed by atoms with Gasteiger partial charge in [0.2, 0.25) is 0 Å². The van der Waals surface area contributed by atoms with Crippen molar-refractivity contribution in [2.75, 3.05) is 0 Å². The Morgan fingerprint density at radius 3 is 1.68 bits per heavy atom. The predicted octanol–water partition coefficient (Wildman–Crippen LogP) is 3.02. The van der Waals surface area contributed by atoms with E-state index in [4.69, 9.17) is 29.5 Å². The fourth-order valence-electron chi connectivity index (χ4n) is 1.90. The van der Waals surface area contributed by atoms with Gasteiger partial charge < -0.3 is 11.5 Å². The van der Waals surface area contributed by atoms with Crippen LogP contribution < -0.4 is 11.5 Å². The summed E-state index contributed by atoms with van der Waals surface area (Å²) in [5.41, 5.74) is 15.1. The number of benzene rings is 2. The summed E-state index contributed by atoms with van der Waals surface area (Å²) in [6, 6.07) is 14.4. The van der Waals surface area contributed by atoms with Crippen molar-refractivity contribution >= 4 is 11.6 Å². The molecule has 0 aliphatic rings. The molecule has 0 aliphatic heterocycles. The molecule has 3 heteroatoms. The first-order chi connectivity index (χ1) is 9.11. The van der Waals surface area contributed by atoms with Crippen molar-refractivity contribution in [2.45, 2.75) is 12.1 Å². The smallest absolute Gasteiger partial charge is 0.0491 e. The van der Waals surface area contributed by atoms with E-state index in [-0.39, 0.29) is 12.1 Å². The van der Waals surface area contributed by atoms with Gasteiger partial charge in [0.05, 0.1) is 0 Å². The van der Waals surface area contributed by atoms with Crippen LogP contribution >= 0.6 is 11.6 Å². The van der Waals surface area contributed by atoms with Crippen molar-refractivity contribution in [2.24, 2.45) is 11.5 Å². The topological polar surface area (TPSA) is 52.0 Å². The SMILES string of the molecule is C#Cc1ccc(C(N)C(N)c2ccc(Cl)cc2)cc1. The van der Waals surface area contributed by atoms with Crippen molar-refractivity contribution in [1.29, 1.82) is 0 Å². The van der Waals surface area contributed by atoms with Gasteiger partial charge >= 0.3 is 0 Å². The maximum Gasteiger partial charge on any atom is 0.0491 e. The van der Waals surface area contributed by atoms with E-state index in [0.717, 1.165) is 16.7 Å². The predicted molar refractivity (Wildman–Crippen MR) is 79.7 cm³/mol. The Kier molecular flexibility index (Phi) is 4.24. The van der Waals surface area contributed by atoms with Gasteiger partial charge in [-0.05, 0) is 35.4 Å². The lowest BCUT2D eigenvalue weighted by Gasteiger charge is -2.20. The van der Waals surface area contributed by atoms with E-state index < -0.39 is 0 Å². The van der Waals surface area contributed by atoms with Gasteiger partial charge in [-0.2, -0.15) is 0 Å². The van der Waals surface area contributed by atoms with Crippen LogP contribution in [0.4, 0.5) is 0 Å². The molecular formula is C16H15ClN2. The van der Waals surface area contributed by atoms with Crippen molar-refractivity contribution in [1.82, 2.24) is 0 Å². The molecule has 0 saturated carbocycles. The minimum atomic E-state index is -0.284. The van der Waals surface area contributed by atoms with Gasteiger partial charge in [-0.3, -0.25) is 0 Å². The maximum atomic E-state index is 6.19. The molecule has 0 radical (unpaired) electrons. The molecule has 2 unspecified atom stereocenters. The third-order valence-electron chi connectivity index (χ3n) is 3.10. The number of rotatable bonds is 3. The van der Waals surface area contributed by atoms with Gasteiger partial charge in [0.1, 0.15) is 0 Å². The fourth-order valence-corrected chi connectivity index (χ4v) is 2.03. The summed E-state index contributed by atoms with van der Waals surface area (Å²) in [4.78, 5) is 0. The Hall–Kier alpha value is -1.79. The first-order valence-electron chi connectivity index (χ1n) is 5.95. The Balaban J connectivity index is 2.20. The van der Waals surface area contributed by atoms with Crippen LogP contribution in [0.25, 0.3) is 0 Å². The van der Waals surface area contributed by atoms with Crippen LogP contribution in [0.3, 0.4) is 0 Å². The van der Waals surface area contributed by atoms with Gasteiger partial charge in [0.15, 0.2) is 0 Å². The molecule has 2 rings (SSSR count). The lowest BCUT2D eigenvalue weighted by Crippen LogP contribution is -2.26. The second-order valence-electron chi connectivity index (χ2n) is 4.37. The molecule has 0 aromatic heterocycles.